The molecule has 2 aromatic carbocycles. The fraction of sp³-hybridized carbons (Fsp3) is 0.238. The van der Waals surface area contributed by atoms with Crippen LogP contribution >= 0.6 is 0 Å². The van der Waals surface area contributed by atoms with E-state index in [1.54, 1.807) is 24.3 Å². The van der Waals surface area contributed by atoms with Crippen LogP contribution in [0.3, 0.4) is 0 Å². The van der Waals surface area contributed by atoms with Crippen molar-refractivity contribution in [2.24, 2.45) is 0 Å². The Hall–Kier alpha value is -3.39. The number of pyridine rings is 1. The second kappa shape index (κ2) is 7.92. The minimum atomic E-state index is -0.611. The summed E-state index contributed by atoms with van der Waals surface area (Å²) in [6, 6.07) is 10.9. The molecule has 4 rings (SSSR count). The Kier molecular flexibility index (Phi) is 5.18. The first-order valence-corrected chi connectivity index (χ1v) is 9.05. The Morgan fingerprint density at radius 1 is 1.21 bits per heavy atom. The monoisotopic (exact) mass is 398 g/mol. The summed E-state index contributed by atoms with van der Waals surface area (Å²) in [6.45, 7) is 0.605. The predicted molar refractivity (Wildman–Crippen MR) is 104 cm³/mol. The Bertz CT molecular complexity index is 1130. The predicted octanol–water partition coefficient (Wildman–Crippen LogP) is 2.68. The lowest BCUT2D eigenvalue weighted by Gasteiger charge is -2.22. The summed E-state index contributed by atoms with van der Waals surface area (Å²) in [7, 11) is 1.51. The summed E-state index contributed by atoms with van der Waals surface area (Å²) in [5.74, 6) is 0.0388. The fourth-order valence-corrected chi connectivity index (χ4v) is 3.22. The summed E-state index contributed by atoms with van der Waals surface area (Å²) in [5, 5.41) is 0.744. The van der Waals surface area contributed by atoms with Crippen molar-refractivity contribution in [3.63, 3.8) is 0 Å². The van der Waals surface area contributed by atoms with Gasteiger partial charge in [-0.05, 0) is 24.3 Å². The van der Waals surface area contributed by atoms with Gasteiger partial charge in [0.25, 0.3) is 11.5 Å². The molecular formula is C21H19FN2O5. The second-order valence-electron chi connectivity index (χ2n) is 6.62. The first-order chi connectivity index (χ1) is 14.1. The van der Waals surface area contributed by atoms with Crippen molar-refractivity contribution in [1.29, 1.82) is 0 Å². The number of H-pyrrole nitrogens is 1. The van der Waals surface area contributed by atoms with E-state index in [1.165, 1.54) is 30.2 Å². The normalized spacial score (nSPS) is 12.3. The van der Waals surface area contributed by atoms with Crippen LogP contribution in [-0.4, -0.2) is 42.8 Å². The number of carbonyl (C=O) groups excluding carboxylic acids is 1. The van der Waals surface area contributed by atoms with E-state index >= 15 is 0 Å². The fourth-order valence-electron chi connectivity index (χ4n) is 3.22. The summed E-state index contributed by atoms with van der Waals surface area (Å²) in [4.78, 5) is 29.7. The van der Waals surface area contributed by atoms with Gasteiger partial charge in [0.15, 0.2) is 11.5 Å². The van der Waals surface area contributed by atoms with Crippen molar-refractivity contribution in [2.75, 3.05) is 27.1 Å². The molecule has 0 saturated carbocycles. The van der Waals surface area contributed by atoms with Crippen molar-refractivity contribution in [2.45, 2.75) is 6.54 Å². The summed E-state index contributed by atoms with van der Waals surface area (Å²) >= 11 is 0. The molecule has 1 aromatic heterocycles. The third kappa shape index (κ3) is 3.79. The maximum absolute atomic E-state index is 14.1. The zero-order valence-corrected chi connectivity index (χ0v) is 15.7. The highest BCUT2D eigenvalue weighted by atomic mass is 19.1. The van der Waals surface area contributed by atoms with Gasteiger partial charge in [-0.1, -0.05) is 12.1 Å². The summed E-state index contributed by atoms with van der Waals surface area (Å²) < 4.78 is 29.9. The van der Waals surface area contributed by atoms with E-state index in [0.29, 0.717) is 22.6 Å². The smallest absolute Gasteiger partial charge is 0.257 e. The van der Waals surface area contributed by atoms with Gasteiger partial charge < -0.3 is 24.1 Å². The molecule has 150 valence electrons. The molecule has 8 heteroatoms. The molecule has 2 heterocycles. The van der Waals surface area contributed by atoms with Crippen LogP contribution < -0.4 is 15.0 Å². The lowest BCUT2D eigenvalue weighted by molar-refractivity contribution is 0.0675. The van der Waals surface area contributed by atoms with Gasteiger partial charge >= 0.3 is 0 Å². The van der Waals surface area contributed by atoms with Crippen molar-refractivity contribution >= 4 is 16.8 Å². The lowest BCUT2D eigenvalue weighted by atomic mass is 10.1. The van der Waals surface area contributed by atoms with Crippen LogP contribution in [0, 0.1) is 5.82 Å². The van der Waals surface area contributed by atoms with E-state index in [0.717, 1.165) is 5.39 Å². The summed E-state index contributed by atoms with van der Waals surface area (Å²) in [5.41, 5.74) is 0.591. The van der Waals surface area contributed by atoms with Gasteiger partial charge in [-0.2, -0.15) is 0 Å². The van der Waals surface area contributed by atoms with E-state index in [4.69, 9.17) is 14.2 Å². The number of aromatic amines is 1. The summed E-state index contributed by atoms with van der Waals surface area (Å²) in [6.07, 6.45) is 0. The first kappa shape index (κ1) is 18.9. The Balaban J connectivity index is 1.68. The zero-order valence-electron chi connectivity index (χ0n) is 15.7. The first-order valence-electron chi connectivity index (χ1n) is 9.05. The van der Waals surface area contributed by atoms with E-state index in [-0.39, 0.29) is 37.6 Å². The van der Waals surface area contributed by atoms with E-state index in [2.05, 4.69) is 4.98 Å². The molecule has 0 radical (unpaired) electrons. The average molecular weight is 398 g/mol. The van der Waals surface area contributed by atoms with Crippen LogP contribution in [0.1, 0.15) is 15.9 Å². The topological polar surface area (TPSA) is 80.9 Å². The number of benzene rings is 2. The van der Waals surface area contributed by atoms with Gasteiger partial charge in [0.2, 0.25) is 6.79 Å². The quantitative estimate of drug-likeness (QED) is 0.691. The van der Waals surface area contributed by atoms with E-state index < -0.39 is 11.7 Å². The Morgan fingerprint density at radius 2 is 1.97 bits per heavy atom. The van der Waals surface area contributed by atoms with Crippen LogP contribution in [0.4, 0.5) is 4.39 Å². The SMILES string of the molecule is COCCN(Cc1cc2cc3c(cc2[nH]c1=O)OCO3)C(=O)c1ccccc1F. The maximum atomic E-state index is 14.1. The van der Waals surface area contributed by atoms with Crippen LogP contribution in [0.2, 0.25) is 0 Å². The number of fused-ring (bicyclic) bond motifs is 2. The number of ether oxygens (including phenoxy) is 3. The van der Waals surface area contributed by atoms with Crippen molar-refractivity contribution in [3.8, 4) is 11.5 Å². The van der Waals surface area contributed by atoms with Crippen LogP contribution in [0.5, 0.6) is 11.5 Å². The number of amides is 1. The molecule has 0 aliphatic carbocycles. The number of halogens is 1. The molecule has 29 heavy (non-hydrogen) atoms. The van der Waals surface area contributed by atoms with Gasteiger partial charge in [0.1, 0.15) is 5.82 Å². The van der Waals surface area contributed by atoms with Crippen LogP contribution in [-0.2, 0) is 11.3 Å². The van der Waals surface area contributed by atoms with E-state index in [1.807, 2.05) is 0 Å². The highest BCUT2D eigenvalue weighted by molar-refractivity contribution is 5.94. The van der Waals surface area contributed by atoms with Crippen LogP contribution in [0.25, 0.3) is 10.9 Å². The molecule has 3 aromatic rings. The van der Waals surface area contributed by atoms with Gasteiger partial charge in [0.05, 0.1) is 24.2 Å². The molecule has 1 aliphatic heterocycles. The molecule has 1 N–H and O–H groups in total. The molecule has 1 aliphatic rings. The standard InChI is InChI=1S/C21H19FN2O5/c1-27-7-6-24(21(26)15-4-2-3-5-16(15)22)11-14-8-13-9-18-19(29-12-28-18)10-17(13)23-20(14)25/h2-5,8-10H,6-7,11-12H2,1H3,(H,23,25). The van der Waals surface area contributed by atoms with Gasteiger partial charge in [-0.15, -0.1) is 0 Å². The minimum Gasteiger partial charge on any atom is -0.454 e. The van der Waals surface area contributed by atoms with Crippen molar-refractivity contribution in [3.05, 3.63) is 69.8 Å². The maximum Gasteiger partial charge on any atom is 0.257 e. The average Bonchev–Trinajstić information content (AvgIpc) is 3.17. The van der Waals surface area contributed by atoms with Crippen LogP contribution in [0.15, 0.2) is 47.3 Å². The van der Waals surface area contributed by atoms with Crippen molar-refractivity contribution in [1.82, 2.24) is 9.88 Å². The Labute approximate surface area is 165 Å². The number of hydrogen-bond donors (Lipinski definition) is 1. The van der Waals surface area contributed by atoms with Gasteiger partial charge in [-0.25, -0.2) is 4.39 Å². The molecule has 7 nitrogen and oxygen atoms in total. The van der Waals surface area contributed by atoms with Crippen molar-refractivity contribution < 1.29 is 23.4 Å². The second-order valence-corrected chi connectivity index (χ2v) is 6.62. The third-order valence-electron chi connectivity index (χ3n) is 4.73. The number of aromatic nitrogens is 1. The number of hydrogen-bond acceptors (Lipinski definition) is 5. The lowest BCUT2D eigenvalue weighted by Crippen LogP contribution is -2.35. The molecular weight excluding hydrogens is 379 g/mol. The molecule has 0 fully saturated rings. The molecule has 0 unspecified atom stereocenters. The number of rotatable bonds is 6. The number of nitrogens with zero attached hydrogens (tertiary/aromatic N) is 1. The highest BCUT2D eigenvalue weighted by Gasteiger charge is 2.21. The molecule has 0 bridgehead atoms. The molecule has 1 amide bonds. The highest BCUT2D eigenvalue weighted by Crippen LogP contribution is 2.35. The Morgan fingerprint density at radius 3 is 2.72 bits per heavy atom. The zero-order chi connectivity index (χ0) is 20.4. The minimum absolute atomic E-state index is 0.0102. The number of methoxy groups -OCH3 is 1. The number of nitrogens with one attached hydrogen (secondary N) is 1. The van der Waals surface area contributed by atoms with Gasteiger partial charge in [0, 0.05) is 30.7 Å². The van der Waals surface area contributed by atoms with E-state index in [9.17, 15) is 14.0 Å². The molecule has 0 atom stereocenters. The molecule has 0 spiro atoms. The van der Waals surface area contributed by atoms with Gasteiger partial charge in [-0.3, -0.25) is 9.59 Å². The largest absolute Gasteiger partial charge is 0.454 e. The third-order valence-corrected chi connectivity index (χ3v) is 4.73. The molecule has 0 saturated heterocycles. The number of carbonyl (C=O) groups is 1.